The second-order valence-electron chi connectivity index (χ2n) is 8.29. The van der Waals surface area contributed by atoms with E-state index in [2.05, 4.69) is 17.2 Å². The second kappa shape index (κ2) is 13.7. The molecule has 0 spiro atoms. The number of carboxylic acid groups (broad SMARTS) is 1. The Morgan fingerprint density at radius 3 is 2.53 bits per heavy atom. The van der Waals surface area contributed by atoms with Gasteiger partial charge in [-0.2, -0.15) is 0 Å². The summed E-state index contributed by atoms with van der Waals surface area (Å²) in [6.45, 7) is 2.11. The van der Waals surface area contributed by atoms with E-state index in [1.54, 1.807) is 30.7 Å². The summed E-state index contributed by atoms with van der Waals surface area (Å²) >= 11 is 13.7. The Kier molecular flexibility index (Phi) is 10.7. The molecule has 11 heteroatoms. The molecule has 0 saturated heterocycles. The molecule has 0 aliphatic heterocycles. The number of hydrogen-bond acceptors (Lipinski definition) is 6. The monoisotopic (exact) mass is 580 g/mol. The van der Waals surface area contributed by atoms with E-state index in [0.717, 1.165) is 30.6 Å². The Morgan fingerprint density at radius 2 is 1.92 bits per heavy atom. The summed E-state index contributed by atoms with van der Waals surface area (Å²) in [6.07, 6.45) is 4.56. The smallest absolute Gasteiger partial charge is 0.371 e. The van der Waals surface area contributed by atoms with Crippen LogP contribution in [0.15, 0.2) is 41.5 Å². The van der Waals surface area contributed by atoms with Gasteiger partial charge in [0.1, 0.15) is 5.82 Å². The van der Waals surface area contributed by atoms with Crippen molar-refractivity contribution in [3.05, 3.63) is 74.0 Å². The minimum Gasteiger partial charge on any atom is -0.490 e. The highest BCUT2D eigenvalue weighted by molar-refractivity contribution is 7.14. The summed E-state index contributed by atoms with van der Waals surface area (Å²) in [5.74, 6) is -2.61. The van der Waals surface area contributed by atoms with Gasteiger partial charge in [-0.3, -0.25) is 10.1 Å². The van der Waals surface area contributed by atoms with Crippen LogP contribution in [0.5, 0.6) is 0 Å². The topological polar surface area (TPSA) is 97.8 Å². The first-order chi connectivity index (χ1) is 18.2. The highest BCUT2D eigenvalue weighted by Crippen LogP contribution is 2.34. The molecule has 3 rings (SSSR count). The van der Waals surface area contributed by atoms with Gasteiger partial charge in [0.25, 0.3) is 5.91 Å². The lowest BCUT2D eigenvalue weighted by Gasteiger charge is -2.17. The molecule has 1 atom stereocenters. The Labute approximate surface area is 234 Å². The number of methoxy groups -OCH3 is 2. The Bertz CT molecular complexity index is 1320. The molecule has 1 unspecified atom stereocenters. The van der Waals surface area contributed by atoms with Crippen molar-refractivity contribution in [1.29, 1.82) is 0 Å². The number of benzene rings is 2. The van der Waals surface area contributed by atoms with Crippen molar-refractivity contribution in [2.45, 2.75) is 38.7 Å². The first-order valence-electron chi connectivity index (χ1n) is 11.8. The van der Waals surface area contributed by atoms with Crippen LogP contribution in [0, 0.1) is 5.82 Å². The van der Waals surface area contributed by atoms with E-state index in [-0.39, 0.29) is 38.2 Å². The lowest BCUT2D eigenvalue weighted by atomic mass is 9.99. The first kappa shape index (κ1) is 29.6. The predicted molar refractivity (Wildman–Crippen MR) is 148 cm³/mol. The van der Waals surface area contributed by atoms with Crippen molar-refractivity contribution in [3.8, 4) is 11.3 Å². The zero-order valence-electron chi connectivity index (χ0n) is 21.0. The lowest BCUT2D eigenvalue weighted by Crippen LogP contribution is -2.12. The molecule has 0 aliphatic rings. The van der Waals surface area contributed by atoms with Crippen LogP contribution >= 0.6 is 34.5 Å². The maximum atomic E-state index is 15.5. The van der Waals surface area contributed by atoms with E-state index in [1.165, 1.54) is 25.3 Å². The Morgan fingerprint density at radius 1 is 1.21 bits per heavy atom. The molecule has 0 fully saturated rings. The summed E-state index contributed by atoms with van der Waals surface area (Å²) in [4.78, 5) is 28.4. The number of carbonyl (C=O) groups excluding carboxylic acids is 1. The van der Waals surface area contributed by atoms with Gasteiger partial charge in [-0.05, 0) is 30.7 Å². The van der Waals surface area contributed by atoms with E-state index in [4.69, 9.17) is 37.8 Å². The van der Waals surface area contributed by atoms with Gasteiger partial charge in [-0.25, -0.2) is 14.2 Å². The van der Waals surface area contributed by atoms with Gasteiger partial charge in [0, 0.05) is 34.7 Å². The van der Waals surface area contributed by atoms with Gasteiger partial charge in [0.05, 0.1) is 29.0 Å². The summed E-state index contributed by atoms with van der Waals surface area (Å²) in [5, 5.41) is 13.8. The van der Waals surface area contributed by atoms with Crippen LogP contribution in [0.3, 0.4) is 0 Å². The number of unbranched alkanes of at least 4 members (excludes halogenated alkanes) is 2. The van der Waals surface area contributed by atoms with Gasteiger partial charge >= 0.3 is 5.97 Å². The highest BCUT2D eigenvalue weighted by Gasteiger charge is 2.20. The molecule has 0 aliphatic carbocycles. The normalized spacial score (nSPS) is 12.3. The third-order valence-electron chi connectivity index (χ3n) is 5.78. The molecular weight excluding hydrogens is 554 g/mol. The number of ether oxygens (including phenoxy) is 2. The third-order valence-corrected chi connectivity index (χ3v) is 7.16. The van der Waals surface area contributed by atoms with Gasteiger partial charge in [0.2, 0.25) is 5.76 Å². The van der Waals surface area contributed by atoms with E-state index in [1.807, 2.05) is 0 Å². The van der Waals surface area contributed by atoms with Crippen molar-refractivity contribution >= 4 is 57.6 Å². The van der Waals surface area contributed by atoms with E-state index in [0.29, 0.717) is 23.2 Å². The maximum absolute atomic E-state index is 15.5. The fraction of sp³-hybridized carbons (Fsp3) is 0.296. The largest absolute Gasteiger partial charge is 0.490 e. The number of halogens is 3. The number of amides is 1. The van der Waals surface area contributed by atoms with Gasteiger partial charge in [-0.1, -0.05) is 61.5 Å². The minimum atomic E-state index is -1.29. The quantitative estimate of drug-likeness (QED) is 0.128. The van der Waals surface area contributed by atoms with Crippen LogP contribution in [-0.4, -0.2) is 36.2 Å². The molecule has 2 aromatic carbocycles. The maximum Gasteiger partial charge on any atom is 0.371 e. The predicted octanol–water partition coefficient (Wildman–Crippen LogP) is 7.85. The van der Waals surface area contributed by atoms with Crippen molar-refractivity contribution in [2.24, 2.45) is 0 Å². The van der Waals surface area contributed by atoms with Gasteiger partial charge < -0.3 is 14.6 Å². The van der Waals surface area contributed by atoms with Crippen LogP contribution < -0.4 is 5.32 Å². The first-order valence-corrected chi connectivity index (χ1v) is 13.4. The number of anilines is 1. The average molecular weight is 581 g/mol. The number of nitrogens with one attached hydrogen (secondary N) is 1. The zero-order chi connectivity index (χ0) is 27.8. The summed E-state index contributed by atoms with van der Waals surface area (Å²) in [7, 11) is 2.78. The molecule has 0 radical (unpaired) electrons. The molecule has 7 nitrogen and oxygen atoms in total. The number of hydrogen-bond donors (Lipinski definition) is 2. The van der Waals surface area contributed by atoms with Crippen LogP contribution in [0.4, 0.5) is 9.52 Å². The summed E-state index contributed by atoms with van der Waals surface area (Å²) < 4.78 is 25.8. The molecule has 202 valence electrons. The van der Waals surface area contributed by atoms with Crippen molar-refractivity contribution < 1.29 is 28.6 Å². The van der Waals surface area contributed by atoms with Gasteiger partial charge in [-0.15, -0.1) is 11.3 Å². The van der Waals surface area contributed by atoms with Crippen LogP contribution in [0.2, 0.25) is 10.0 Å². The molecule has 1 heterocycles. The Balaban J connectivity index is 1.81. The molecule has 0 bridgehead atoms. The molecule has 2 N–H and O–H groups in total. The summed E-state index contributed by atoms with van der Waals surface area (Å²) in [6, 6.07) is 7.81. The number of carbonyl (C=O) groups is 2. The highest BCUT2D eigenvalue weighted by atomic mass is 35.5. The average Bonchev–Trinajstić information content (AvgIpc) is 3.34. The second-order valence-corrected chi connectivity index (χ2v) is 9.96. The van der Waals surface area contributed by atoms with E-state index in [9.17, 15) is 9.59 Å². The SMILES string of the molecule is CCCCCC(OC)c1cccc(-c2csc(NC(=O)c3cc(Cl)c(C=C(OC)C(=O)O)c(Cl)c3)n2)c1F. The van der Waals surface area contributed by atoms with E-state index >= 15 is 4.39 Å². The molecular formula is C27H27Cl2FN2O5S. The standard InChI is InChI=1S/C27H27Cl2FN2O5S/c1-4-5-6-10-22(36-2)17-9-7-8-16(24(17)30)21-14-38-27(31-21)32-25(33)15-11-19(28)18(20(29)12-15)13-23(37-3)26(34)35/h7-9,11-14,22H,4-6,10H2,1-3H3,(H,34,35)(H,31,32,33). The third kappa shape index (κ3) is 7.11. The molecule has 3 aromatic rings. The number of thiazole rings is 1. The van der Waals surface area contributed by atoms with Gasteiger partial charge in [0.15, 0.2) is 5.13 Å². The molecule has 1 amide bonds. The van der Waals surface area contributed by atoms with E-state index < -0.39 is 17.7 Å². The fourth-order valence-electron chi connectivity index (χ4n) is 3.79. The number of aromatic nitrogens is 1. The van der Waals surface area contributed by atoms with Crippen LogP contribution in [-0.2, 0) is 14.3 Å². The minimum absolute atomic E-state index is 0.0591. The summed E-state index contributed by atoms with van der Waals surface area (Å²) in [5.41, 5.74) is 1.49. The number of aliphatic carboxylic acids is 1. The molecule has 38 heavy (non-hydrogen) atoms. The lowest BCUT2D eigenvalue weighted by molar-refractivity contribution is -0.135. The van der Waals surface area contributed by atoms with Crippen molar-refractivity contribution in [3.63, 3.8) is 0 Å². The number of carboxylic acids is 1. The van der Waals surface area contributed by atoms with Crippen LogP contribution in [0.1, 0.15) is 60.2 Å². The zero-order valence-corrected chi connectivity index (χ0v) is 23.3. The molecule has 0 saturated carbocycles. The number of nitrogens with zero attached hydrogens (tertiary/aromatic N) is 1. The van der Waals surface area contributed by atoms with Crippen molar-refractivity contribution in [1.82, 2.24) is 4.98 Å². The number of rotatable bonds is 12. The van der Waals surface area contributed by atoms with Crippen molar-refractivity contribution in [2.75, 3.05) is 19.5 Å². The Hall–Kier alpha value is -2.98. The van der Waals surface area contributed by atoms with Crippen LogP contribution in [0.25, 0.3) is 17.3 Å². The fourth-order valence-corrected chi connectivity index (χ4v) is 5.09. The molecule has 1 aromatic heterocycles.